The van der Waals surface area contributed by atoms with Gasteiger partial charge in [0.1, 0.15) is 0 Å². The molecule has 0 aromatic carbocycles. The SMILES string of the molecule is CCN1CCN(C(=O)C(F)(F)C(F)(F)C(F)(F)C(F)(F)F)CC1. The normalized spacial score (nSPS) is 19.1. The van der Waals surface area contributed by atoms with Gasteiger partial charge in [0, 0.05) is 26.2 Å². The highest BCUT2D eigenvalue weighted by atomic mass is 19.4. The molecule has 0 aromatic heterocycles. The average Bonchev–Trinajstić information content (AvgIpc) is 2.44. The molecule has 1 aliphatic rings. The molecule has 1 fully saturated rings. The Balaban J connectivity index is 3.03. The summed E-state index contributed by atoms with van der Waals surface area (Å²) in [7, 11) is 0. The number of likely N-dealkylation sites (N-methyl/N-ethyl adjacent to an activating group) is 1. The van der Waals surface area contributed by atoms with Crippen molar-refractivity contribution in [1.82, 2.24) is 9.80 Å². The predicted molar refractivity (Wildman–Crippen MR) is 59.6 cm³/mol. The van der Waals surface area contributed by atoms with Gasteiger partial charge in [0.15, 0.2) is 0 Å². The Morgan fingerprint density at radius 1 is 0.826 bits per heavy atom. The molecule has 0 bridgehead atoms. The van der Waals surface area contributed by atoms with Crippen LogP contribution < -0.4 is 0 Å². The first-order valence-electron chi connectivity index (χ1n) is 6.42. The maximum atomic E-state index is 13.4. The van der Waals surface area contributed by atoms with Gasteiger partial charge in [0.2, 0.25) is 0 Å². The van der Waals surface area contributed by atoms with E-state index in [2.05, 4.69) is 0 Å². The predicted octanol–water partition coefficient (Wildman–Crippen LogP) is 2.62. The number of hydrogen-bond acceptors (Lipinski definition) is 2. The molecule has 0 aromatic rings. The second-order valence-electron chi connectivity index (χ2n) is 4.95. The van der Waals surface area contributed by atoms with Gasteiger partial charge in [-0.15, -0.1) is 0 Å². The molecular formula is C11H13F9N2O. The highest BCUT2D eigenvalue weighted by molar-refractivity contribution is 5.85. The quantitative estimate of drug-likeness (QED) is 0.720. The number of alkyl halides is 9. The number of rotatable bonds is 4. The molecule has 0 aliphatic carbocycles. The van der Waals surface area contributed by atoms with Crippen LogP contribution in [0, 0.1) is 0 Å². The summed E-state index contributed by atoms with van der Waals surface area (Å²) < 4.78 is 115. The number of hydrogen-bond donors (Lipinski definition) is 0. The van der Waals surface area contributed by atoms with Crippen LogP contribution in [0.1, 0.15) is 6.92 Å². The molecule has 0 atom stereocenters. The molecule has 1 amide bonds. The largest absolute Gasteiger partial charge is 0.460 e. The molecular weight excluding hydrogens is 347 g/mol. The van der Waals surface area contributed by atoms with Crippen molar-refractivity contribution in [3.63, 3.8) is 0 Å². The third-order valence-corrected chi connectivity index (χ3v) is 3.52. The van der Waals surface area contributed by atoms with Gasteiger partial charge in [-0.1, -0.05) is 6.92 Å². The lowest BCUT2D eigenvalue weighted by molar-refractivity contribution is -0.389. The zero-order chi connectivity index (χ0) is 18.3. The van der Waals surface area contributed by atoms with Crippen LogP contribution in [0.3, 0.4) is 0 Å². The Kier molecular flexibility index (Phi) is 5.20. The average molecular weight is 360 g/mol. The number of piperazine rings is 1. The minimum atomic E-state index is -7.05. The zero-order valence-corrected chi connectivity index (χ0v) is 11.7. The van der Waals surface area contributed by atoms with Crippen molar-refractivity contribution in [2.24, 2.45) is 0 Å². The molecule has 1 rings (SSSR count). The van der Waals surface area contributed by atoms with E-state index in [0.717, 1.165) is 0 Å². The molecule has 1 saturated heterocycles. The Labute approximate surface area is 125 Å². The Morgan fingerprint density at radius 3 is 1.61 bits per heavy atom. The summed E-state index contributed by atoms with van der Waals surface area (Å²) in [5.74, 6) is -22.9. The van der Waals surface area contributed by atoms with Gasteiger partial charge in [0.05, 0.1) is 0 Å². The van der Waals surface area contributed by atoms with E-state index in [1.165, 1.54) is 0 Å². The fourth-order valence-electron chi connectivity index (χ4n) is 1.98. The van der Waals surface area contributed by atoms with Crippen molar-refractivity contribution in [2.45, 2.75) is 30.9 Å². The third kappa shape index (κ3) is 3.22. The van der Waals surface area contributed by atoms with Crippen molar-refractivity contribution in [3.05, 3.63) is 0 Å². The lowest BCUT2D eigenvalue weighted by Gasteiger charge is -2.38. The van der Waals surface area contributed by atoms with Crippen LogP contribution in [0.25, 0.3) is 0 Å². The number of amides is 1. The molecule has 23 heavy (non-hydrogen) atoms. The highest BCUT2D eigenvalue weighted by Gasteiger charge is 2.84. The summed E-state index contributed by atoms with van der Waals surface area (Å²) in [6.45, 7) is 1.25. The fraction of sp³-hybridized carbons (Fsp3) is 0.909. The highest BCUT2D eigenvalue weighted by Crippen LogP contribution is 2.53. The maximum absolute atomic E-state index is 13.4. The van der Waals surface area contributed by atoms with E-state index in [9.17, 15) is 44.3 Å². The lowest BCUT2D eigenvalue weighted by Crippen LogP contribution is -2.66. The summed E-state index contributed by atoms with van der Waals surface area (Å²) in [5.41, 5.74) is 0. The minimum absolute atomic E-state index is 0.0134. The van der Waals surface area contributed by atoms with E-state index < -0.39 is 42.9 Å². The number of nitrogens with zero attached hydrogens (tertiary/aromatic N) is 2. The Hall–Kier alpha value is -1.20. The van der Waals surface area contributed by atoms with Crippen LogP contribution in [0.4, 0.5) is 39.5 Å². The first kappa shape index (κ1) is 19.8. The van der Waals surface area contributed by atoms with Gasteiger partial charge < -0.3 is 9.80 Å². The molecule has 0 spiro atoms. The first-order chi connectivity index (χ1) is 10.2. The topological polar surface area (TPSA) is 23.6 Å². The molecule has 0 radical (unpaired) electrons. The van der Waals surface area contributed by atoms with E-state index in [4.69, 9.17) is 0 Å². The van der Waals surface area contributed by atoms with Crippen molar-refractivity contribution in [1.29, 1.82) is 0 Å². The van der Waals surface area contributed by atoms with E-state index in [-0.39, 0.29) is 18.0 Å². The van der Waals surface area contributed by atoms with Crippen molar-refractivity contribution in [3.8, 4) is 0 Å². The number of carbonyl (C=O) groups excluding carboxylic acids is 1. The molecule has 1 aliphatic heterocycles. The van der Waals surface area contributed by atoms with Crippen LogP contribution in [0.2, 0.25) is 0 Å². The van der Waals surface area contributed by atoms with Gasteiger partial charge in [-0.3, -0.25) is 4.79 Å². The van der Waals surface area contributed by atoms with Gasteiger partial charge in [-0.25, -0.2) is 0 Å². The van der Waals surface area contributed by atoms with Gasteiger partial charge in [-0.05, 0) is 6.54 Å². The van der Waals surface area contributed by atoms with Crippen LogP contribution in [-0.4, -0.2) is 72.4 Å². The summed E-state index contributed by atoms with van der Waals surface area (Å²) in [5, 5.41) is 0. The number of carbonyl (C=O) groups is 1. The maximum Gasteiger partial charge on any atom is 0.460 e. The van der Waals surface area contributed by atoms with Gasteiger partial charge in [0.25, 0.3) is 5.91 Å². The Morgan fingerprint density at radius 2 is 1.26 bits per heavy atom. The minimum Gasteiger partial charge on any atom is -0.335 e. The molecule has 12 heteroatoms. The van der Waals surface area contributed by atoms with Crippen LogP contribution in [-0.2, 0) is 4.79 Å². The summed E-state index contributed by atoms with van der Waals surface area (Å²) in [4.78, 5) is 13.2. The van der Waals surface area contributed by atoms with E-state index >= 15 is 0 Å². The fourth-order valence-corrected chi connectivity index (χ4v) is 1.98. The van der Waals surface area contributed by atoms with E-state index in [0.29, 0.717) is 6.54 Å². The molecule has 0 N–H and O–H groups in total. The summed E-state index contributed by atoms with van der Waals surface area (Å²) >= 11 is 0. The molecule has 136 valence electrons. The third-order valence-electron chi connectivity index (χ3n) is 3.52. The molecule has 1 heterocycles. The van der Waals surface area contributed by atoms with Crippen molar-refractivity contribution >= 4 is 5.91 Å². The van der Waals surface area contributed by atoms with Crippen LogP contribution in [0.5, 0.6) is 0 Å². The molecule has 0 saturated carbocycles. The van der Waals surface area contributed by atoms with Crippen molar-refractivity contribution in [2.75, 3.05) is 32.7 Å². The van der Waals surface area contributed by atoms with E-state index in [1.54, 1.807) is 11.8 Å². The summed E-state index contributed by atoms with van der Waals surface area (Å²) in [6, 6.07) is 0. The molecule has 0 unspecified atom stereocenters. The monoisotopic (exact) mass is 360 g/mol. The summed E-state index contributed by atoms with van der Waals surface area (Å²) in [6.07, 6.45) is -6.93. The second kappa shape index (κ2) is 6.02. The smallest absolute Gasteiger partial charge is 0.335 e. The van der Waals surface area contributed by atoms with Crippen molar-refractivity contribution < 1.29 is 44.3 Å². The van der Waals surface area contributed by atoms with Gasteiger partial charge in [-0.2, -0.15) is 39.5 Å². The van der Waals surface area contributed by atoms with E-state index in [1.807, 2.05) is 0 Å². The second-order valence-corrected chi connectivity index (χ2v) is 4.95. The first-order valence-corrected chi connectivity index (χ1v) is 6.42. The Bertz CT molecular complexity index is 441. The lowest BCUT2D eigenvalue weighted by atomic mass is 10.0. The molecule has 3 nitrogen and oxygen atoms in total. The number of halogens is 9. The van der Waals surface area contributed by atoms with Crippen LogP contribution >= 0.6 is 0 Å². The standard InChI is InChI=1S/C11H13F9N2O/c1-2-21-3-5-22(6-4-21)7(23)8(12,13)9(14,15)10(16,17)11(18,19)20/h2-6H2,1H3. The van der Waals surface area contributed by atoms with Gasteiger partial charge >= 0.3 is 23.9 Å². The zero-order valence-electron chi connectivity index (χ0n) is 11.7. The van der Waals surface area contributed by atoms with Crippen LogP contribution in [0.15, 0.2) is 0 Å².